The minimum atomic E-state index is -1.13. The molecule has 1 aromatic rings. The first-order valence-corrected chi connectivity index (χ1v) is 7.03. The average Bonchev–Trinajstić information content (AvgIpc) is 3.08. The third kappa shape index (κ3) is 2.40. The lowest BCUT2D eigenvalue weighted by Gasteiger charge is -2.20. The van der Waals surface area contributed by atoms with Gasteiger partial charge in [-0.15, -0.1) is 6.58 Å². The van der Waals surface area contributed by atoms with Gasteiger partial charge in [0.25, 0.3) is 0 Å². The molecule has 5 atom stereocenters. The van der Waals surface area contributed by atoms with Gasteiger partial charge < -0.3 is 25.4 Å². The van der Waals surface area contributed by atoms with Crippen molar-refractivity contribution in [2.45, 2.75) is 30.3 Å². The molecule has 8 nitrogen and oxygen atoms in total. The lowest BCUT2D eigenvalue weighted by Crippen LogP contribution is -2.36. The van der Waals surface area contributed by atoms with Gasteiger partial charge in [-0.1, -0.05) is 6.08 Å². The Hall–Kier alpha value is -1.87. The third-order valence-electron chi connectivity index (χ3n) is 3.88. The van der Waals surface area contributed by atoms with Crippen molar-refractivity contribution in [1.82, 2.24) is 9.97 Å². The number of nitrogens with zero attached hydrogens (tertiary/aromatic N) is 3. The van der Waals surface area contributed by atoms with Gasteiger partial charge in [0.15, 0.2) is 5.82 Å². The third-order valence-corrected chi connectivity index (χ3v) is 3.88. The van der Waals surface area contributed by atoms with Crippen LogP contribution in [0.25, 0.3) is 0 Å². The van der Waals surface area contributed by atoms with Gasteiger partial charge >= 0.3 is 0 Å². The van der Waals surface area contributed by atoms with Crippen LogP contribution in [0.1, 0.15) is 11.6 Å². The molecule has 0 spiro atoms. The van der Waals surface area contributed by atoms with Crippen molar-refractivity contribution >= 4 is 17.7 Å². The Kier molecular flexibility index (Phi) is 4.16. The molecule has 2 aliphatic heterocycles. The van der Waals surface area contributed by atoms with Crippen LogP contribution in [0, 0.1) is 0 Å². The largest absolute Gasteiger partial charge is 0.394 e. The Morgan fingerprint density at radius 3 is 2.82 bits per heavy atom. The summed E-state index contributed by atoms with van der Waals surface area (Å²) in [6.45, 7) is 3.81. The smallest absolute Gasteiger partial charge is 0.155 e. The highest BCUT2D eigenvalue weighted by Crippen LogP contribution is 2.41. The lowest BCUT2D eigenvalue weighted by atomic mass is 9.94. The molecule has 4 N–H and O–H groups in total. The number of hydrogen-bond donors (Lipinski definition) is 4. The van der Waals surface area contributed by atoms with Crippen LogP contribution in [-0.4, -0.2) is 69.1 Å². The summed E-state index contributed by atoms with van der Waals surface area (Å²) < 4.78 is 5.56. The number of hydrogen-bond acceptors (Lipinski definition) is 8. The fraction of sp³-hybridized carbons (Fsp3) is 0.500. The lowest BCUT2D eigenvalue weighted by molar-refractivity contribution is -0.0237. The van der Waals surface area contributed by atoms with E-state index in [1.54, 1.807) is 12.3 Å². The highest BCUT2D eigenvalue weighted by Gasteiger charge is 2.47. The second-order valence-electron chi connectivity index (χ2n) is 5.23. The Balaban J connectivity index is 1.86. The number of rotatable bonds is 5. The molecule has 8 heteroatoms. The Bertz CT molecular complexity index is 594. The zero-order valence-corrected chi connectivity index (χ0v) is 11.8. The SMILES string of the molecule is C=CCNc1ncnc2c1N=CC2[C@@H]1O[C@H](CO)[C@@H](O)[C@H]1O. The van der Waals surface area contributed by atoms with Gasteiger partial charge in [0.05, 0.1) is 18.2 Å². The fourth-order valence-corrected chi connectivity index (χ4v) is 2.75. The molecule has 1 aromatic heterocycles. The first kappa shape index (κ1) is 15.0. The van der Waals surface area contributed by atoms with E-state index >= 15 is 0 Å². The Morgan fingerprint density at radius 1 is 1.32 bits per heavy atom. The zero-order chi connectivity index (χ0) is 15.7. The topological polar surface area (TPSA) is 120 Å². The monoisotopic (exact) mass is 306 g/mol. The molecule has 1 unspecified atom stereocenters. The highest BCUT2D eigenvalue weighted by atomic mass is 16.6. The summed E-state index contributed by atoms with van der Waals surface area (Å²) in [6, 6.07) is 0. The molecule has 0 saturated carbocycles. The number of aliphatic hydroxyl groups excluding tert-OH is 3. The second kappa shape index (κ2) is 6.09. The van der Waals surface area contributed by atoms with Gasteiger partial charge in [-0.05, 0) is 0 Å². The van der Waals surface area contributed by atoms with Crippen molar-refractivity contribution in [2.75, 3.05) is 18.5 Å². The van der Waals surface area contributed by atoms with Crippen LogP contribution in [0.15, 0.2) is 24.0 Å². The van der Waals surface area contributed by atoms with E-state index in [1.165, 1.54) is 6.33 Å². The number of fused-ring (bicyclic) bond motifs is 1. The van der Waals surface area contributed by atoms with Crippen LogP contribution < -0.4 is 5.32 Å². The molecule has 0 bridgehead atoms. The highest BCUT2D eigenvalue weighted by molar-refractivity contribution is 5.84. The molecular formula is C14H18N4O4. The standard InChI is InChI=1S/C14H18N4O4/c1-2-3-15-14-10-9(17-6-18-14)7(4-16-10)13-12(21)11(20)8(5-19)22-13/h2,4,6-8,11-13,19-21H,1,3,5H2,(H,15,17,18)/t7?,8-,11-,12-,13+/m1/s1. The summed E-state index contributed by atoms with van der Waals surface area (Å²) in [4.78, 5) is 12.7. The van der Waals surface area contributed by atoms with E-state index in [1.807, 2.05) is 0 Å². The number of aliphatic hydroxyl groups is 3. The Morgan fingerprint density at radius 2 is 2.14 bits per heavy atom. The first-order valence-electron chi connectivity index (χ1n) is 7.03. The molecule has 3 rings (SSSR count). The van der Waals surface area contributed by atoms with Gasteiger partial charge in [0.2, 0.25) is 0 Å². The summed E-state index contributed by atoms with van der Waals surface area (Å²) in [5, 5.41) is 32.3. The summed E-state index contributed by atoms with van der Waals surface area (Å²) >= 11 is 0. The summed E-state index contributed by atoms with van der Waals surface area (Å²) in [6.07, 6.45) is 0.978. The van der Waals surface area contributed by atoms with Gasteiger partial charge in [-0.25, -0.2) is 9.97 Å². The van der Waals surface area contributed by atoms with E-state index in [-0.39, 0.29) is 6.61 Å². The van der Waals surface area contributed by atoms with Crippen molar-refractivity contribution in [1.29, 1.82) is 0 Å². The maximum atomic E-state index is 10.1. The normalized spacial score (nSPS) is 33.0. The minimum absolute atomic E-state index is 0.360. The molecule has 1 saturated heterocycles. The van der Waals surface area contributed by atoms with Gasteiger partial charge in [0.1, 0.15) is 36.4 Å². The summed E-state index contributed by atoms with van der Waals surface area (Å²) in [7, 11) is 0. The zero-order valence-electron chi connectivity index (χ0n) is 11.8. The van der Waals surface area contributed by atoms with E-state index in [0.29, 0.717) is 23.7 Å². The van der Waals surface area contributed by atoms with Crippen LogP contribution >= 0.6 is 0 Å². The first-order chi connectivity index (χ1) is 10.7. The van der Waals surface area contributed by atoms with Crippen LogP contribution in [0.3, 0.4) is 0 Å². The number of anilines is 1. The van der Waals surface area contributed by atoms with Gasteiger partial charge in [0, 0.05) is 12.8 Å². The molecule has 1 fully saturated rings. The van der Waals surface area contributed by atoms with Crippen molar-refractivity contribution in [3.8, 4) is 0 Å². The minimum Gasteiger partial charge on any atom is -0.394 e. The van der Waals surface area contributed by atoms with Crippen molar-refractivity contribution in [2.24, 2.45) is 4.99 Å². The molecule has 3 heterocycles. The van der Waals surface area contributed by atoms with E-state index in [4.69, 9.17) is 4.74 Å². The quantitative estimate of drug-likeness (QED) is 0.534. The fourth-order valence-electron chi connectivity index (χ4n) is 2.75. The van der Waals surface area contributed by atoms with Crippen LogP contribution in [0.4, 0.5) is 11.5 Å². The second-order valence-corrected chi connectivity index (χ2v) is 5.23. The van der Waals surface area contributed by atoms with Crippen molar-refractivity contribution < 1.29 is 20.1 Å². The number of nitrogens with one attached hydrogen (secondary N) is 1. The summed E-state index contributed by atoms with van der Waals surface area (Å²) in [5.41, 5.74) is 1.21. The number of ether oxygens (including phenoxy) is 1. The van der Waals surface area contributed by atoms with Crippen molar-refractivity contribution in [3.63, 3.8) is 0 Å². The van der Waals surface area contributed by atoms with E-state index in [0.717, 1.165) is 0 Å². The van der Waals surface area contributed by atoms with Gasteiger partial charge in [-0.3, -0.25) is 4.99 Å². The molecule has 0 radical (unpaired) electrons. The number of aromatic nitrogens is 2. The molecule has 22 heavy (non-hydrogen) atoms. The molecule has 0 amide bonds. The predicted molar refractivity (Wildman–Crippen MR) is 79.4 cm³/mol. The number of aliphatic imine (C=N–C) groups is 1. The summed E-state index contributed by atoms with van der Waals surface area (Å²) in [5.74, 6) is 0.180. The van der Waals surface area contributed by atoms with E-state index in [2.05, 4.69) is 26.9 Å². The average molecular weight is 306 g/mol. The van der Waals surface area contributed by atoms with E-state index in [9.17, 15) is 15.3 Å². The van der Waals surface area contributed by atoms with E-state index < -0.39 is 30.3 Å². The maximum Gasteiger partial charge on any atom is 0.155 e. The Labute approximate surface area is 127 Å². The van der Waals surface area contributed by atoms with Crippen molar-refractivity contribution in [3.05, 3.63) is 24.7 Å². The van der Waals surface area contributed by atoms with Crippen LogP contribution in [0.2, 0.25) is 0 Å². The molecule has 2 aliphatic rings. The van der Waals surface area contributed by atoms with Crippen LogP contribution in [0.5, 0.6) is 0 Å². The molecular weight excluding hydrogens is 288 g/mol. The van der Waals surface area contributed by atoms with Gasteiger partial charge in [-0.2, -0.15) is 0 Å². The predicted octanol–water partition coefficient (Wildman–Crippen LogP) is -0.645. The maximum absolute atomic E-state index is 10.1. The molecule has 0 aromatic carbocycles. The van der Waals surface area contributed by atoms with Crippen LogP contribution in [-0.2, 0) is 4.74 Å². The molecule has 118 valence electrons. The molecule has 0 aliphatic carbocycles.